The summed E-state index contributed by atoms with van der Waals surface area (Å²) in [5, 5.41) is 0. The monoisotopic (exact) mass is 583 g/mol. The van der Waals surface area contributed by atoms with Crippen molar-refractivity contribution in [2.45, 2.75) is 37.8 Å². The number of hydrogen-bond donors (Lipinski definition) is 1. The number of anilines is 1. The number of nitrogens with zero attached hydrogens (tertiary/aromatic N) is 4. The molecule has 10 heteroatoms. The standard InChI is InChI=1S/C32H33N5O4S/c1-22-9-7-10-23(2)29(22)27-18-28-34-31(33-27)35-42(39,40)26-14-8-13-25(17-26)30(38)37-16-15-36(20-32(3,21-37)41-28)19-24-11-5-4-6-12-24/h4-14,17-18H,15-16,19-21H2,1-3H3,(H,33,34,35). The summed E-state index contributed by atoms with van der Waals surface area (Å²) < 4.78 is 36.1. The normalized spacial score (nSPS) is 20.3. The van der Waals surface area contributed by atoms with Crippen LogP contribution in [0.4, 0.5) is 5.95 Å². The molecule has 6 bridgehead atoms. The fraction of sp³-hybridized carbons (Fsp3) is 0.281. The molecule has 1 saturated heterocycles. The first kappa shape index (κ1) is 27.9. The second-order valence-corrected chi connectivity index (χ2v) is 13.0. The summed E-state index contributed by atoms with van der Waals surface area (Å²) in [6.45, 7) is 8.54. The van der Waals surface area contributed by atoms with Crippen LogP contribution >= 0.6 is 0 Å². The second kappa shape index (κ2) is 10.8. The van der Waals surface area contributed by atoms with Crippen molar-refractivity contribution in [2.75, 3.05) is 30.9 Å². The summed E-state index contributed by atoms with van der Waals surface area (Å²) in [5.74, 6) is -0.129. The predicted molar refractivity (Wildman–Crippen MR) is 161 cm³/mol. The molecule has 0 saturated carbocycles. The molecule has 1 unspecified atom stereocenters. The summed E-state index contributed by atoms with van der Waals surface area (Å²) in [4.78, 5) is 26.9. The number of amides is 1. The van der Waals surface area contributed by atoms with E-state index in [0.717, 1.165) is 22.3 Å². The third kappa shape index (κ3) is 5.73. The molecule has 216 valence electrons. The van der Waals surface area contributed by atoms with Crippen molar-refractivity contribution in [1.29, 1.82) is 0 Å². The minimum atomic E-state index is -4.10. The maximum Gasteiger partial charge on any atom is 0.264 e. The molecule has 1 atom stereocenters. The lowest BCUT2D eigenvalue weighted by Crippen LogP contribution is -2.50. The Kier molecular flexibility index (Phi) is 7.20. The molecule has 1 aromatic heterocycles. The number of sulfonamides is 1. The molecule has 1 amide bonds. The molecule has 4 aromatic rings. The number of aromatic nitrogens is 2. The van der Waals surface area contributed by atoms with Crippen molar-refractivity contribution >= 4 is 21.9 Å². The van der Waals surface area contributed by atoms with Crippen molar-refractivity contribution in [3.8, 4) is 17.1 Å². The second-order valence-electron chi connectivity index (χ2n) is 11.3. The van der Waals surface area contributed by atoms with E-state index in [0.29, 0.717) is 44.0 Å². The van der Waals surface area contributed by atoms with Crippen LogP contribution in [0, 0.1) is 13.8 Å². The van der Waals surface area contributed by atoms with Crippen LogP contribution in [0.2, 0.25) is 0 Å². The van der Waals surface area contributed by atoms with Gasteiger partial charge >= 0.3 is 0 Å². The van der Waals surface area contributed by atoms with E-state index in [1.165, 1.54) is 12.1 Å². The van der Waals surface area contributed by atoms with E-state index < -0.39 is 15.6 Å². The molecule has 2 aliphatic rings. The van der Waals surface area contributed by atoms with E-state index in [1.807, 2.05) is 57.2 Å². The smallest absolute Gasteiger partial charge is 0.264 e. The Morgan fingerprint density at radius 2 is 1.64 bits per heavy atom. The zero-order valence-corrected chi connectivity index (χ0v) is 24.7. The highest BCUT2D eigenvalue weighted by Gasteiger charge is 2.38. The number of rotatable bonds is 3. The van der Waals surface area contributed by atoms with Crippen molar-refractivity contribution in [2.24, 2.45) is 0 Å². The number of ether oxygens (including phenoxy) is 1. The van der Waals surface area contributed by atoms with Crippen molar-refractivity contribution < 1.29 is 17.9 Å². The minimum Gasteiger partial charge on any atom is -0.468 e. The molecule has 1 fully saturated rings. The Morgan fingerprint density at radius 3 is 2.40 bits per heavy atom. The molecule has 0 spiro atoms. The van der Waals surface area contributed by atoms with Gasteiger partial charge in [0.05, 0.1) is 17.1 Å². The molecular weight excluding hydrogens is 550 g/mol. The van der Waals surface area contributed by atoms with Gasteiger partial charge in [0.15, 0.2) is 0 Å². The van der Waals surface area contributed by atoms with E-state index in [1.54, 1.807) is 23.1 Å². The molecule has 1 N–H and O–H groups in total. The zero-order chi connectivity index (χ0) is 29.5. The number of nitrogens with one attached hydrogen (secondary N) is 1. The van der Waals surface area contributed by atoms with Gasteiger partial charge in [0.1, 0.15) is 5.60 Å². The largest absolute Gasteiger partial charge is 0.468 e. The van der Waals surface area contributed by atoms with Crippen molar-refractivity contribution in [3.63, 3.8) is 0 Å². The van der Waals surface area contributed by atoms with Crippen LogP contribution in [0.15, 0.2) is 83.8 Å². The van der Waals surface area contributed by atoms with Gasteiger partial charge in [-0.1, -0.05) is 54.6 Å². The molecular formula is C32H33N5O4S. The van der Waals surface area contributed by atoms with Gasteiger partial charge in [-0.05, 0) is 55.7 Å². The van der Waals surface area contributed by atoms with Gasteiger partial charge in [0.2, 0.25) is 11.8 Å². The average molecular weight is 584 g/mol. The van der Waals surface area contributed by atoms with E-state index in [-0.39, 0.29) is 22.6 Å². The predicted octanol–water partition coefficient (Wildman–Crippen LogP) is 4.67. The summed E-state index contributed by atoms with van der Waals surface area (Å²) in [7, 11) is -4.10. The van der Waals surface area contributed by atoms with Gasteiger partial charge in [-0.15, -0.1) is 0 Å². The van der Waals surface area contributed by atoms with Crippen LogP contribution in [0.1, 0.15) is 34.0 Å². The third-order valence-corrected chi connectivity index (χ3v) is 9.04. The maximum absolute atomic E-state index is 13.8. The maximum atomic E-state index is 13.8. The third-order valence-electron chi connectivity index (χ3n) is 7.71. The number of carbonyl (C=O) groups is 1. The van der Waals surface area contributed by atoms with Gasteiger partial charge in [0.25, 0.3) is 15.9 Å². The Hall–Kier alpha value is -4.28. The van der Waals surface area contributed by atoms with Gasteiger partial charge in [-0.2, -0.15) is 4.98 Å². The Bertz CT molecular complexity index is 1740. The quantitative estimate of drug-likeness (QED) is 0.374. The Balaban J connectivity index is 1.49. The first-order valence-electron chi connectivity index (χ1n) is 13.9. The van der Waals surface area contributed by atoms with Crippen LogP contribution in [0.5, 0.6) is 5.88 Å². The summed E-state index contributed by atoms with van der Waals surface area (Å²) in [6, 6.07) is 24.0. The molecule has 0 aliphatic carbocycles. The van der Waals surface area contributed by atoms with Crippen LogP contribution in [-0.2, 0) is 16.6 Å². The van der Waals surface area contributed by atoms with Gasteiger partial charge < -0.3 is 9.64 Å². The van der Waals surface area contributed by atoms with Gasteiger partial charge in [-0.25, -0.2) is 18.1 Å². The molecule has 3 heterocycles. The minimum absolute atomic E-state index is 0.0422. The lowest BCUT2D eigenvalue weighted by atomic mass is 10.00. The Labute approximate surface area is 246 Å². The molecule has 2 aliphatic heterocycles. The molecule has 0 radical (unpaired) electrons. The first-order chi connectivity index (χ1) is 20.1. The highest BCUT2D eigenvalue weighted by atomic mass is 32.2. The number of carbonyl (C=O) groups excluding carboxylic acids is 1. The SMILES string of the molecule is Cc1cccc(C)c1-c1cc2nc(n1)NS(=O)(=O)c1cccc(c1)C(=O)N1CCN(Cc3ccccc3)CC(C)(C1)O2. The van der Waals surface area contributed by atoms with E-state index in [4.69, 9.17) is 4.74 Å². The summed E-state index contributed by atoms with van der Waals surface area (Å²) >= 11 is 0. The lowest BCUT2D eigenvalue weighted by Gasteiger charge is -2.34. The fourth-order valence-corrected chi connectivity index (χ4v) is 6.83. The molecule has 6 rings (SSSR count). The highest BCUT2D eigenvalue weighted by Crippen LogP contribution is 2.32. The molecule has 42 heavy (non-hydrogen) atoms. The van der Waals surface area contributed by atoms with E-state index >= 15 is 0 Å². The van der Waals surface area contributed by atoms with Gasteiger partial charge in [-0.3, -0.25) is 9.69 Å². The van der Waals surface area contributed by atoms with Gasteiger partial charge in [0, 0.05) is 43.4 Å². The number of aryl methyl sites for hydroxylation is 2. The molecule has 3 aromatic carbocycles. The number of fused-ring (bicyclic) bond motifs is 6. The van der Waals surface area contributed by atoms with Crippen LogP contribution < -0.4 is 9.46 Å². The topological polar surface area (TPSA) is 105 Å². The number of benzene rings is 3. The zero-order valence-electron chi connectivity index (χ0n) is 23.9. The lowest BCUT2D eigenvalue weighted by molar-refractivity contribution is 0.0289. The van der Waals surface area contributed by atoms with Crippen LogP contribution in [-0.4, -0.2) is 65.9 Å². The molecule has 9 nitrogen and oxygen atoms in total. The summed E-state index contributed by atoms with van der Waals surface area (Å²) in [5.41, 5.74) is 4.00. The van der Waals surface area contributed by atoms with E-state index in [9.17, 15) is 13.2 Å². The van der Waals surface area contributed by atoms with Crippen molar-refractivity contribution in [1.82, 2.24) is 19.8 Å². The average Bonchev–Trinajstić information content (AvgIpc) is 3.10. The van der Waals surface area contributed by atoms with E-state index in [2.05, 4.69) is 31.7 Å². The Morgan fingerprint density at radius 1 is 0.905 bits per heavy atom. The van der Waals surface area contributed by atoms with Crippen molar-refractivity contribution in [3.05, 3.63) is 101 Å². The van der Waals surface area contributed by atoms with Crippen LogP contribution in [0.3, 0.4) is 0 Å². The number of hydrogen-bond acceptors (Lipinski definition) is 7. The first-order valence-corrected chi connectivity index (χ1v) is 15.4. The van der Waals surface area contributed by atoms with Crippen LogP contribution in [0.25, 0.3) is 11.3 Å². The fourth-order valence-electron chi connectivity index (χ4n) is 5.84. The highest BCUT2D eigenvalue weighted by molar-refractivity contribution is 7.92. The summed E-state index contributed by atoms with van der Waals surface area (Å²) in [6.07, 6.45) is 0.